The van der Waals surface area contributed by atoms with E-state index in [9.17, 15) is 9.90 Å². The van der Waals surface area contributed by atoms with Crippen molar-refractivity contribution < 1.29 is 15.0 Å². The van der Waals surface area contributed by atoms with Crippen molar-refractivity contribution in [3.63, 3.8) is 0 Å². The first-order chi connectivity index (χ1) is 8.66. The molecule has 1 aliphatic rings. The predicted molar refractivity (Wildman–Crippen MR) is 68.2 cm³/mol. The van der Waals surface area contributed by atoms with E-state index in [2.05, 4.69) is 0 Å². The molecule has 4 heteroatoms. The highest BCUT2D eigenvalue weighted by Gasteiger charge is 2.28. The van der Waals surface area contributed by atoms with Crippen LogP contribution in [0, 0.1) is 0 Å². The Labute approximate surface area is 107 Å². The van der Waals surface area contributed by atoms with E-state index in [1.165, 1.54) is 0 Å². The van der Waals surface area contributed by atoms with E-state index >= 15 is 0 Å². The molecule has 1 saturated heterocycles. The van der Waals surface area contributed by atoms with Crippen molar-refractivity contribution >= 4 is 5.97 Å². The summed E-state index contributed by atoms with van der Waals surface area (Å²) in [5.41, 5.74) is 0.902. The van der Waals surface area contributed by atoms with E-state index in [1.807, 2.05) is 35.2 Å². The van der Waals surface area contributed by atoms with Gasteiger partial charge in [-0.05, 0) is 31.4 Å². The number of hydrogen-bond donors (Lipinski definition) is 2. The van der Waals surface area contributed by atoms with Gasteiger partial charge >= 0.3 is 5.97 Å². The van der Waals surface area contributed by atoms with Crippen LogP contribution in [0.3, 0.4) is 0 Å². The summed E-state index contributed by atoms with van der Waals surface area (Å²) in [6.07, 6.45) is 2.08. The molecule has 1 heterocycles. The fourth-order valence-corrected chi connectivity index (χ4v) is 2.61. The number of carboxylic acids is 1. The van der Waals surface area contributed by atoms with Crippen molar-refractivity contribution in [3.8, 4) is 0 Å². The molecule has 0 aromatic heterocycles. The maximum atomic E-state index is 10.8. The van der Waals surface area contributed by atoms with Crippen LogP contribution < -0.4 is 0 Å². The minimum Gasteiger partial charge on any atom is -0.480 e. The van der Waals surface area contributed by atoms with Crippen molar-refractivity contribution in [3.05, 3.63) is 35.9 Å². The lowest BCUT2D eigenvalue weighted by molar-refractivity contribution is -0.138. The molecule has 98 valence electrons. The number of benzene rings is 1. The molecule has 2 atom stereocenters. The molecule has 1 aromatic rings. The Morgan fingerprint density at radius 2 is 2.11 bits per heavy atom. The summed E-state index contributed by atoms with van der Waals surface area (Å²) in [5.74, 6) is -0.795. The number of aliphatic hydroxyl groups excluding tert-OH is 1. The highest BCUT2D eigenvalue weighted by atomic mass is 16.4. The zero-order valence-corrected chi connectivity index (χ0v) is 10.3. The number of carbonyl (C=O) groups is 1. The van der Waals surface area contributed by atoms with E-state index in [0.717, 1.165) is 24.9 Å². The number of nitrogens with zero attached hydrogens (tertiary/aromatic N) is 1. The van der Waals surface area contributed by atoms with Crippen LogP contribution in [0.5, 0.6) is 0 Å². The Balaban J connectivity index is 1.94. The van der Waals surface area contributed by atoms with Gasteiger partial charge in [0.1, 0.15) is 0 Å². The number of likely N-dealkylation sites (tertiary alicyclic amines) is 1. The lowest BCUT2D eigenvalue weighted by Gasteiger charge is -2.24. The predicted octanol–water partition coefficient (Wildman–Crippen LogP) is 1.66. The highest BCUT2D eigenvalue weighted by molar-refractivity contribution is 5.69. The maximum Gasteiger partial charge on any atom is 0.317 e. The molecule has 18 heavy (non-hydrogen) atoms. The second-order valence-corrected chi connectivity index (χ2v) is 4.82. The molecule has 0 spiro atoms. The van der Waals surface area contributed by atoms with Gasteiger partial charge in [-0.25, -0.2) is 0 Å². The van der Waals surface area contributed by atoms with Crippen molar-refractivity contribution in [1.29, 1.82) is 0 Å². The molecule has 2 rings (SSSR count). The molecule has 0 radical (unpaired) electrons. The SMILES string of the molecule is O=C(O)CN1CCCC1CC(O)c1ccccc1. The van der Waals surface area contributed by atoms with Gasteiger partial charge < -0.3 is 10.2 Å². The molecule has 2 N–H and O–H groups in total. The topological polar surface area (TPSA) is 60.8 Å². The van der Waals surface area contributed by atoms with Crippen LogP contribution in [0.2, 0.25) is 0 Å². The summed E-state index contributed by atoms with van der Waals surface area (Å²) in [7, 11) is 0. The molecule has 1 fully saturated rings. The third-order valence-electron chi connectivity index (χ3n) is 3.52. The van der Waals surface area contributed by atoms with E-state index in [4.69, 9.17) is 5.11 Å². The van der Waals surface area contributed by atoms with Crippen molar-refractivity contribution in [2.75, 3.05) is 13.1 Å². The Kier molecular flexibility index (Phi) is 4.33. The van der Waals surface area contributed by atoms with Crippen LogP contribution >= 0.6 is 0 Å². The number of rotatable bonds is 5. The molecule has 1 aromatic carbocycles. The smallest absolute Gasteiger partial charge is 0.317 e. The van der Waals surface area contributed by atoms with Crippen molar-refractivity contribution in [2.24, 2.45) is 0 Å². The Morgan fingerprint density at radius 1 is 1.39 bits per heavy atom. The van der Waals surface area contributed by atoms with Gasteiger partial charge in [0.15, 0.2) is 0 Å². The molecule has 0 aliphatic carbocycles. The number of hydrogen-bond acceptors (Lipinski definition) is 3. The summed E-state index contributed by atoms with van der Waals surface area (Å²) in [5, 5.41) is 19.0. The first kappa shape index (κ1) is 13.1. The second-order valence-electron chi connectivity index (χ2n) is 4.82. The molecule has 0 bridgehead atoms. The Bertz CT molecular complexity index is 393. The zero-order chi connectivity index (χ0) is 13.0. The number of aliphatic hydroxyl groups is 1. The monoisotopic (exact) mass is 249 g/mol. The van der Waals surface area contributed by atoms with E-state index in [0.29, 0.717) is 6.42 Å². The number of aliphatic carboxylic acids is 1. The minimum atomic E-state index is -0.795. The van der Waals surface area contributed by atoms with Crippen molar-refractivity contribution in [2.45, 2.75) is 31.4 Å². The summed E-state index contributed by atoms with van der Waals surface area (Å²) < 4.78 is 0. The first-order valence-corrected chi connectivity index (χ1v) is 6.35. The van der Waals surface area contributed by atoms with Crippen LogP contribution in [0.25, 0.3) is 0 Å². The molecule has 0 amide bonds. The van der Waals surface area contributed by atoms with Crippen molar-refractivity contribution in [1.82, 2.24) is 4.90 Å². The maximum absolute atomic E-state index is 10.8. The van der Waals surface area contributed by atoms with Gasteiger partial charge in [0.05, 0.1) is 12.6 Å². The quantitative estimate of drug-likeness (QED) is 0.833. The largest absolute Gasteiger partial charge is 0.480 e. The lowest BCUT2D eigenvalue weighted by Crippen LogP contribution is -2.35. The highest BCUT2D eigenvalue weighted by Crippen LogP contribution is 2.26. The van der Waals surface area contributed by atoms with E-state index in [1.54, 1.807) is 0 Å². The third kappa shape index (κ3) is 3.31. The summed E-state index contributed by atoms with van der Waals surface area (Å²) >= 11 is 0. The standard InChI is InChI=1S/C14H19NO3/c16-13(11-5-2-1-3-6-11)9-12-7-4-8-15(12)10-14(17)18/h1-3,5-6,12-13,16H,4,7-10H2,(H,17,18). The average molecular weight is 249 g/mol. The van der Waals surface area contributed by atoms with Gasteiger partial charge in [-0.2, -0.15) is 0 Å². The molecule has 1 aliphatic heterocycles. The minimum absolute atomic E-state index is 0.0756. The van der Waals surface area contributed by atoms with Crippen LogP contribution in [-0.2, 0) is 4.79 Å². The van der Waals surface area contributed by atoms with Gasteiger partial charge in [-0.3, -0.25) is 9.69 Å². The van der Waals surface area contributed by atoms with Gasteiger partial charge in [-0.1, -0.05) is 30.3 Å². The van der Waals surface area contributed by atoms with Gasteiger partial charge in [-0.15, -0.1) is 0 Å². The summed E-state index contributed by atoms with van der Waals surface area (Å²) in [6, 6.07) is 9.71. The Morgan fingerprint density at radius 3 is 2.78 bits per heavy atom. The fraction of sp³-hybridized carbons (Fsp3) is 0.500. The molecule has 0 saturated carbocycles. The van der Waals surface area contributed by atoms with Crippen LogP contribution in [0.1, 0.15) is 30.9 Å². The van der Waals surface area contributed by atoms with Gasteiger partial charge in [0.2, 0.25) is 0 Å². The normalized spacial score (nSPS) is 21.9. The van der Waals surface area contributed by atoms with Crippen LogP contribution in [0.4, 0.5) is 0 Å². The van der Waals surface area contributed by atoms with E-state index < -0.39 is 12.1 Å². The lowest BCUT2D eigenvalue weighted by atomic mass is 10.0. The van der Waals surface area contributed by atoms with Gasteiger partial charge in [0.25, 0.3) is 0 Å². The Hall–Kier alpha value is -1.39. The third-order valence-corrected chi connectivity index (χ3v) is 3.52. The molecular weight excluding hydrogens is 230 g/mol. The average Bonchev–Trinajstić information content (AvgIpc) is 2.77. The first-order valence-electron chi connectivity index (χ1n) is 6.35. The van der Waals surface area contributed by atoms with E-state index in [-0.39, 0.29) is 12.6 Å². The van der Waals surface area contributed by atoms with Gasteiger partial charge in [0, 0.05) is 6.04 Å². The van der Waals surface area contributed by atoms with Crippen LogP contribution in [0.15, 0.2) is 30.3 Å². The van der Waals surface area contributed by atoms with Crippen LogP contribution in [-0.4, -0.2) is 40.2 Å². The molecule has 2 unspecified atom stereocenters. The number of carboxylic acid groups (broad SMARTS) is 1. The fourth-order valence-electron chi connectivity index (χ4n) is 2.61. The second kappa shape index (κ2) is 5.98. The summed E-state index contributed by atoms with van der Waals surface area (Å²) in [6.45, 7) is 0.894. The molecule has 4 nitrogen and oxygen atoms in total. The molecular formula is C14H19NO3. The zero-order valence-electron chi connectivity index (χ0n) is 10.3. The summed E-state index contributed by atoms with van der Waals surface area (Å²) in [4.78, 5) is 12.7.